The maximum atomic E-state index is 13.9. The smallest absolute Gasteiger partial charge is 0.327 e. The molecule has 7 unspecified atom stereocenters. The minimum Gasteiger partial charge on any atom is -0.483 e. The van der Waals surface area contributed by atoms with Gasteiger partial charge in [-0.25, -0.2) is 4.79 Å². The van der Waals surface area contributed by atoms with Gasteiger partial charge in [-0.3, -0.25) is 24.1 Å². The highest BCUT2D eigenvalue weighted by Gasteiger charge is 2.70. The van der Waals surface area contributed by atoms with Gasteiger partial charge in [0.1, 0.15) is 11.8 Å². The Bertz CT molecular complexity index is 1840. The van der Waals surface area contributed by atoms with Crippen molar-refractivity contribution >= 4 is 75.7 Å². The topological polar surface area (TPSA) is 146 Å². The van der Waals surface area contributed by atoms with Crippen molar-refractivity contribution in [2.75, 3.05) is 11.9 Å². The number of carboxylic acids is 1. The molecule has 0 spiro atoms. The van der Waals surface area contributed by atoms with Crippen molar-refractivity contribution in [3.63, 3.8) is 0 Å². The number of H-pyrrole nitrogens is 1. The fourth-order valence-corrected chi connectivity index (χ4v) is 11.3. The lowest BCUT2D eigenvalue weighted by atomic mass is 9.68. The van der Waals surface area contributed by atoms with Gasteiger partial charge in [-0.15, -0.1) is 11.8 Å². The molecule has 10 nitrogen and oxygen atoms in total. The van der Waals surface area contributed by atoms with Crippen LogP contribution in [-0.4, -0.2) is 56.6 Å². The predicted molar refractivity (Wildman–Crippen MR) is 174 cm³/mol. The first-order valence-corrected chi connectivity index (χ1v) is 17.4. The van der Waals surface area contributed by atoms with Crippen molar-refractivity contribution in [2.45, 2.75) is 42.5 Å². The number of aromatic nitrogens is 1. The zero-order valence-corrected chi connectivity index (χ0v) is 27.7. The first-order chi connectivity index (χ1) is 22.0. The number of benzene rings is 2. The summed E-state index contributed by atoms with van der Waals surface area (Å²) in [5.74, 6) is -4.42. The molecule has 2 aliphatic carbocycles. The number of hydrogen-bond acceptors (Lipinski definition) is 8. The number of aromatic amines is 1. The van der Waals surface area contributed by atoms with Crippen LogP contribution in [0.3, 0.4) is 0 Å². The van der Waals surface area contributed by atoms with Crippen molar-refractivity contribution in [3.8, 4) is 5.75 Å². The van der Waals surface area contributed by atoms with E-state index in [1.807, 2.05) is 12.1 Å². The van der Waals surface area contributed by atoms with Crippen molar-refractivity contribution in [1.29, 1.82) is 0 Å². The number of nitrogens with zero attached hydrogens (tertiary/aromatic N) is 1. The second-order valence-electron chi connectivity index (χ2n) is 12.5. The third-order valence-electron chi connectivity index (χ3n) is 9.74. The molecule has 7 rings (SSSR count). The molecular formula is C32H29Cl2N3O7S2. The van der Waals surface area contributed by atoms with Crippen LogP contribution >= 0.6 is 46.3 Å². The lowest BCUT2D eigenvalue weighted by Crippen LogP contribution is -2.49. The van der Waals surface area contributed by atoms with E-state index in [2.05, 4.69) is 10.3 Å². The van der Waals surface area contributed by atoms with E-state index in [0.29, 0.717) is 27.9 Å². The summed E-state index contributed by atoms with van der Waals surface area (Å²) in [5.41, 5.74) is 1.24. The average Bonchev–Trinajstić information content (AvgIpc) is 3.74. The molecule has 2 aromatic carbocycles. The van der Waals surface area contributed by atoms with Gasteiger partial charge < -0.3 is 20.1 Å². The second-order valence-corrected chi connectivity index (χ2v) is 15.6. The van der Waals surface area contributed by atoms with Gasteiger partial charge in [0, 0.05) is 27.3 Å². The molecule has 3 aromatic rings. The van der Waals surface area contributed by atoms with Crippen LogP contribution in [0, 0.1) is 35.5 Å². The predicted octanol–water partition coefficient (Wildman–Crippen LogP) is 5.34. The number of thioether (sulfide) groups is 1. The zero-order chi connectivity index (χ0) is 32.6. The summed E-state index contributed by atoms with van der Waals surface area (Å²) in [5, 5.41) is 14.0. The van der Waals surface area contributed by atoms with Crippen molar-refractivity contribution in [1.82, 2.24) is 9.88 Å². The third-order valence-corrected chi connectivity index (χ3v) is 13.1. The number of rotatable bonds is 8. The number of halogens is 2. The second kappa shape index (κ2) is 11.7. The Morgan fingerprint density at radius 3 is 2.48 bits per heavy atom. The Hall–Kier alpha value is -3.32. The van der Waals surface area contributed by atoms with Crippen LogP contribution in [0.15, 0.2) is 52.3 Å². The largest absolute Gasteiger partial charge is 0.483 e. The number of anilines is 1. The molecule has 3 N–H and O–H groups in total. The number of thiazole rings is 1. The molecule has 0 radical (unpaired) electrons. The Morgan fingerprint density at radius 2 is 1.78 bits per heavy atom. The highest BCUT2D eigenvalue weighted by atomic mass is 35.5. The van der Waals surface area contributed by atoms with Gasteiger partial charge in [0.15, 0.2) is 6.61 Å². The van der Waals surface area contributed by atoms with Crippen molar-refractivity contribution < 1.29 is 29.0 Å². The number of aliphatic carboxylic acids is 1. The summed E-state index contributed by atoms with van der Waals surface area (Å²) in [7, 11) is 0. The summed E-state index contributed by atoms with van der Waals surface area (Å²) in [6.45, 7) is 3.10. The minimum atomic E-state index is -1.22. The molecule has 2 aliphatic heterocycles. The number of ether oxygens (including phenoxy) is 1. The molecule has 4 aliphatic rings. The summed E-state index contributed by atoms with van der Waals surface area (Å²) < 4.78 is 6.10. The van der Waals surface area contributed by atoms with Crippen LogP contribution in [-0.2, 0) is 19.2 Å². The molecule has 3 fully saturated rings. The van der Waals surface area contributed by atoms with Gasteiger partial charge >= 0.3 is 10.8 Å². The average molecular weight is 703 g/mol. The Balaban J connectivity index is 1.21. The van der Waals surface area contributed by atoms with Crippen molar-refractivity contribution in [2.24, 2.45) is 35.5 Å². The van der Waals surface area contributed by atoms with Gasteiger partial charge in [-0.1, -0.05) is 66.6 Å². The number of amides is 3. The van der Waals surface area contributed by atoms with E-state index < -0.39 is 47.5 Å². The van der Waals surface area contributed by atoms with Crippen LogP contribution in [0.4, 0.5) is 5.69 Å². The maximum absolute atomic E-state index is 13.9. The highest BCUT2D eigenvalue weighted by molar-refractivity contribution is 8.00. The molecule has 14 heteroatoms. The van der Waals surface area contributed by atoms with Gasteiger partial charge in [0.2, 0.25) is 11.8 Å². The first kappa shape index (κ1) is 31.3. The number of carbonyl (C=O) groups is 4. The zero-order valence-electron chi connectivity index (χ0n) is 24.6. The van der Waals surface area contributed by atoms with Gasteiger partial charge in [0.05, 0.1) is 26.9 Å². The molecule has 240 valence electrons. The summed E-state index contributed by atoms with van der Waals surface area (Å²) >= 11 is 14.7. The van der Waals surface area contributed by atoms with E-state index in [1.165, 1.54) is 0 Å². The molecule has 3 heterocycles. The van der Waals surface area contributed by atoms with Gasteiger partial charge in [-0.05, 0) is 54.4 Å². The number of para-hydroxylation sites is 1. The number of nitrogens with one attached hydrogen (secondary N) is 2. The van der Waals surface area contributed by atoms with E-state index in [-0.39, 0.29) is 40.4 Å². The molecule has 8 atom stereocenters. The quantitative estimate of drug-likeness (QED) is 0.267. The summed E-state index contributed by atoms with van der Waals surface area (Å²) in [6.07, 6.45) is 0.660. The van der Waals surface area contributed by atoms with Gasteiger partial charge in [-0.2, -0.15) is 0 Å². The van der Waals surface area contributed by atoms with E-state index in [0.717, 1.165) is 31.7 Å². The lowest BCUT2D eigenvalue weighted by Gasteiger charge is -2.43. The Labute approximate surface area is 281 Å². The number of likely N-dealkylation sites (tertiary alicyclic amines) is 1. The van der Waals surface area contributed by atoms with Gasteiger partial charge in [0.25, 0.3) is 5.91 Å². The van der Waals surface area contributed by atoms with Crippen LogP contribution in [0.5, 0.6) is 5.75 Å². The van der Waals surface area contributed by atoms with E-state index in [1.54, 1.807) is 55.9 Å². The summed E-state index contributed by atoms with van der Waals surface area (Å²) in [6, 6.07) is 10.9. The number of fused-ring (bicyclic) bond motifs is 9. The third kappa shape index (κ3) is 4.96. The number of imide groups is 1. The van der Waals surface area contributed by atoms with Crippen LogP contribution < -0.4 is 14.9 Å². The first-order valence-electron chi connectivity index (χ1n) is 14.9. The van der Waals surface area contributed by atoms with E-state index >= 15 is 0 Å². The number of carbonyl (C=O) groups excluding carboxylic acids is 3. The Morgan fingerprint density at radius 1 is 1.07 bits per heavy atom. The van der Waals surface area contributed by atoms with Crippen molar-refractivity contribution in [3.05, 3.63) is 72.6 Å². The minimum absolute atomic E-state index is 0.0842. The molecule has 2 saturated carbocycles. The molecular weight excluding hydrogens is 673 g/mol. The van der Waals surface area contributed by atoms with Crippen LogP contribution in [0.2, 0.25) is 10.0 Å². The SMILES string of the molecule is CC(C)C(C(=O)O)N1C(=O)C2C3CC(C2C1=O)C1C3Sc2[nH]c(=O)sc2[C@@H]1c1ccccc1OCC(=O)Nc1ccc(Cl)c(Cl)c1. The fourth-order valence-electron chi connectivity index (χ4n) is 8.14. The lowest BCUT2D eigenvalue weighted by molar-refractivity contribution is -0.157. The maximum Gasteiger partial charge on any atom is 0.327 e. The van der Waals surface area contributed by atoms with E-state index in [4.69, 9.17) is 27.9 Å². The molecule has 2 bridgehead atoms. The summed E-state index contributed by atoms with van der Waals surface area (Å²) in [4.78, 5) is 70.1. The molecule has 3 amide bonds. The monoisotopic (exact) mass is 701 g/mol. The molecule has 1 saturated heterocycles. The molecule has 46 heavy (non-hydrogen) atoms. The van der Waals surface area contributed by atoms with Crippen LogP contribution in [0.1, 0.15) is 36.6 Å². The highest BCUT2D eigenvalue weighted by Crippen LogP contribution is 2.69. The number of hydrogen-bond donors (Lipinski definition) is 3. The fraction of sp³-hybridized carbons (Fsp3) is 0.406. The van der Waals surface area contributed by atoms with Crippen LogP contribution in [0.25, 0.3) is 0 Å². The molecule has 1 aromatic heterocycles. The normalized spacial score (nSPS) is 28.2. The standard InChI is InChI=1S/C32H29Cl2N3O7S2/c1-12(2)25(31(41)42)37-29(39)23-15-10-16(24(23)30(37)40)26-22(15)21(27-28(45-26)36-32(43)46-27)14-5-3-4-6-19(14)44-11-20(38)35-13-7-8-17(33)18(34)9-13/h3-9,12,15-16,21-26H,10-11H2,1-2H3,(H,35,38)(H,36,43)(H,41,42)/t15?,16?,21-,22?,23?,24?,25?,26?/m1/s1. The van der Waals surface area contributed by atoms with E-state index in [9.17, 15) is 29.1 Å². The Kier molecular flexibility index (Phi) is 7.98. The number of carboxylic acid groups (broad SMARTS) is 1.